The third kappa shape index (κ3) is 2.31. The third-order valence-electron chi connectivity index (χ3n) is 1.58. The van der Waals surface area contributed by atoms with Gasteiger partial charge in [-0.1, -0.05) is 17.3 Å². The molecule has 78 valence electrons. The van der Waals surface area contributed by atoms with E-state index >= 15 is 0 Å². The topological polar surface area (TPSA) is 101 Å². The lowest BCUT2D eigenvalue weighted by atomic mass is 10.2. The van der Waals surface area contributed by atoms with E-state index in [0.717, 1.165) is 0 Å². The molecule has 0 aliphatic heterocycles. The maximum Gasteiger partial charge on any atom is 0.375 e. The number of hydrogen-bond donors (Lipinski definition) is 2. The van der Waals surface area contributed by atoms with Gasteiger partial charge >= 0.3 is 5.97 Å². The first-order valence-corrected chi connectivity index (χ1v) is 3.86. The number of benzene rings is 1. The zero-order valence-corrected chi connectivity index (χ0v) is 7.45. The van der Waals surface area contributed by atoms with Crippen LogP contribution in [0.25, 0.3) is 10.9 Å². The first-order valence-electron chi connectivity index (χ1n) is 3.86. The van der Waals surface area contributed by atoms with E-state index < -0.39 is 5.97 Å². The van der Waals surface area contributed by atoms with Gasteiger partial charge in [-0.2, -0.15) is 0 Å². The summed E-state index contributed by atoms with van der Waals surface area (Å²) in [6.45, 7) is -0.250. The molecular formula is C9H7NO5. The minimum absolute atomic E-state index is 0.106. The van der Waals surface area contributed by atoms with Crippen LogP contribution in [0.4, 0.5) is 0 Å². The number of rotatable bonds is 1. The summed E-state index contributed by atoms with van der Waals surface area (Å²) in [6.07, 6.45) is 0. The Morgan fingerprint density at radius 2 is 2.00 bits per heavy atom. The molecule has 0 bridgehead atoms. The first kappa shape index (κ1) is 10.7. The summed E-state index contributed by atoms with van der Waals surface area (Å²) >= 11 is 0. The fraction of sp³-hybridized carbons (Fsp3) is 0. The molecule has 0 aliphatic rings. The van der Waals surface area contributed by atoms with E-state index in [1.165, 1.54) is 0 Å². The molecule has 1 heterocycles. The second-order valence-electron chi connectivity index (χ2n) is 2.44. The van der Waals surface area contributed by atoms with Crippen LogP contribution in [-0.2, 0) is 4.79 Å². The van der Waals surface area contributed by atoms with Crippen molar-refractivity contribution in [1.29, 1.82) is 0 Å². The Balaban J connectivity index is 0.000000337. The number of aromatic carboxylic acids is 1. The van der Waals surface area contributed by atoms with E-state index in [4.69, 9.17) is 15.0 Å². The molecule has 0 radical (unpaired) electrons. The zero-order valence-electron chi connectivity index (χ0n) is 7.45. The molecule has 0 saturated carbocycles. The molecule has 1 aromatic heterocycles. The van der Waals surface area contributed by atoms with Gasteiger partial charge in [-0.25, -0.2) is 4.79 Å². The molecule has 0 saturated heterocycles. The maximum absolute atomic E-state index is 10.5. The summed E-state index contributed by atoms with van der Waals surface area (Å²) in [6, 6.07) is 6.88. The van der Waals surface area contributed by atoms with Crippen molar-refractivity contribution in [3.8, 4) is 0 Å². The molecule has 6 heteroatoms. The average molecular weight is 209 g/mol. The van der Waals surface area contributed by atoms with Gasteiger partial charge in [-0.15, -0.1) is 0 Å². The highest BCUT2D eigenvalue weighted by Gasteiger charge is 2.13. The maximum atomic E-state index is 10.5. The van der Waals surface area contributed by atoms with Crippen molar-refractivity contribution in [2.24, 2.45) is 0 Å². The lowest BCUT2D eigenvalue weighted by Gasteiger charge is -1.85. The van der Waals surface area contributed by atoms with Gasteiger partial charge in [0.15, 0.2) is 0 Å². The number of carboxylic acid groups (broad SMARTS) is 2. The first-order chi connectivity index (χ1) is 7.20. The molecule has 2 rings (SSSR count). The van der Waals surface area contributed by atoms with Crippen LogP contribution in [0.2, 0.25) is 0 Å². The Bertz CT molecular complexity index is 476. The van der Waals surface area contributed by atoms with Crippen LogP contribution in [-0.4, -0.2) is 27.8 Å². The van der Waals surface area contributed by atoms with E-state index in [9.17, 15) is 4.79 Å². The van der Waals surface area contributed by atoms with Crippen LogP contribution in [0.15, 0.2) is 28.8 Å². The molecule has 0 aliphatic carbocycles. The summed E-state index contributed by atoms with van der Waals surface area (Å²) < 4.78 is 4.63. The van der Waals surface area contributed by atoms with Gasteiger partial charge in [0.25, 0.3) is 12.2 Å². The van der Waals surface area contributed by atoms with Crippen LogP contribution in [0.5, 0.6) is 0 Å². The predicted octanol–water partition coefficient (Wildman–Crippen LogP) is 1.23. The number of fused-ring (bicyclic) bond motifs is 1. The number of nitrogens with zero attached hydrogens (tertiary/aromatic N) is 1. The van der Waals surface area contributed by atoms with Gasteiger partial charge in [0.2, 0.25) is 0 Å². The monoisotopic (exact) mass is 209 g/mol. The van der Waals surface area contributed by atoms with Crippen molar-refractivity contribution in [1.82, 2.24) is 5.16 Å². The normalized spacial score (nSPS) is 9.07. The molecule has 2 aromatic rings. The summed E-state index contributed by atoms with van der Waals surface area (Å²) in [5.41, 5.74) is 0.565. The highest BCUT2D eigenvalue weighted by molar-refractivity contribution is 5.99. The number of hydrogen-bond acceptors (Lipinski definition) is 4. The van der Waals surface area contributed by atoms with E-state index in [-0.39, 0.29) is 12.2 Å². The van der Waals surface area contributed by atoms with Gasteiger partial charge in [0.1, 0.15) is 5.52 Å². The minimum atomic E-state index is -1.09. The lowest BCUT2D eigenvalue weighted by Crippen LogP contribution is -1.93. The summed E-state index contributed by atoms with van der Waals surface area (Å²) in [5.74, 6) is -1.20. The Labute approximate surface area is 83.7 Å². The minimum Gasteiger partial charge on any atom is -0.483 e. The highest BCUT2D eigenvalue weighted by atomic mass is 16.5. The second kappa shape index (κ2) is 4.75. The quantitative estimate of drug-likeness (QED) is 0.685. The Kier molecular flexibility index (Phi) is 3.39. The number of carbonyl (C=O) groups is 2. The van der Waals surface area contributed by atoms with Crippen LogP contribution < -0.4 is 0 Å². The largest absolute Gasteiger partial charge is 0.483 e. The van der Waals surface area contributed by atoms with Gasteiger partial charge in [0.05, 0.1) is 5.39 Å². The molecule has 0 amide bonds. The Hall–Kier alpha value is -2.37. The summed E-state index contributed by atoms with van der Waals surface area (Å²) in [5, 5.41) is 19.6. The van der Waals surface area contributed by atoms with E-state index in [1.54, 1.807) is 24.3 Å². The van der Waals surface area contributed by atoms with Gasteiger partial charge in [0, 0.05) is 0 Å². The molecule has 0 spiro atoms. The van der Waals surface area contributed by atoms with E-state index in [2.05, 4.69) is 9.68 Å². The summed E-state index contributed by atoms with van der Waals surface area (Å²) in [4.78, 5) is 18.9. The Morgan fingerprint density at radius 3 is 2.60 bits per heavy atom. The van der Waals surface area contributed by atoms with Crippen molar-refractivity contribution in [2.75, 3.05) is 0 Å². The molecule has 6 nitrogen and oxygen atoms in total. The van der Waals surface area contributed by atoms with Crippen molar-refractivity contribution in [2.45, 2.75) is 0 Å². The molecule has 0 unspecified atom stereocenters. The fourth-order valence-corrected chi connectivity index (χ4v) is 1.04. The Morgan fingerprint density at radius 1 is 1.40 bits per heavy atom. The molecule has 1 aromatic carbocycles. The lowest BCUT2D eigenvalue weighted by molar-refractivity contribution is -0.122. The van der Waals surface area contributed by atoms with Crippen molar-refractivity contribution in [3.63, 3.8) is 0 Å². The van der Waals surface area contributed by atoms with E-state index in [0.29, 0.717) is 10.9 Å². The van der Waals surface area contributed by atoms with E-state index in [1.807, 2.05) is 0 Å². The molecular weight excluding hydrogens is 202 g/mol. The molecule has 2 N–H and O–H groups in total. The van der Waals surface area contributed by atoms with Gasteiger partial charge in [-0.05, 0) is 12.1 Å². The predicted molar refractivity (Wildman–Crippen MR) is 49.7 cm³/mol. The van der Waals surface area contributed by atoms with Crippen LogP contribution in [0.1, 0.15) is 10.6 Å². The van der Waals surface area contributed by atoms with Gasteiger partial charge < -0.3 is 14.7 Å². The van der Waals surface area contributed by atoms with Crippen LogP contribution in [0, 0.1) is 0 Å². The van der Waals surface area contributed by atoms with Gasteiger partial charge in [-0.3, -0.25) is 4.79 Å². The molecule has 15 heavy (non-hydrogen) atoms. The van der Waals surface area contributed by atoms with Crippen LogP contribution in [0.3, 0.4) is 0 Å². The molecule has 0 fully saturated rings. The average Bonchev–Trinajstić information content (AvgIpc) is 2.62. The fourth-order valence-electron chi connectivity index (χ4n) is 1.04. The van der Waals surface area contributed by atoms with Crippen molar-refractivity contribution >= 4 is 23.3 Å². The second-order valence-corrected chi connectivity index (χ2v) is 2.44. The standard InChI is InChI=1S/C8H5NO3.CH2O2/c10-8(11)7-5-3-1-2-4-6(5)9-12-7;2-1-3/h1-4H,(H,10,11);1H,(H,2,3). The number of carboxylic acids is 1. The number of aromatic nitrogens is 1. The molecule has 0 atom stereocenters. The van der Waals surface area contributed by atoms with Crippen molar-refractivity contribution in [3.05, 3.63) is 30.0 Å². The summed E-state index contributed by atoms with van der Waals surface area (Å²) in [7, 11) is 0. The smallest absolute Gasteiger partial charge is 0.375 e. The SMILES string of the molecule is O=C(O)c1onc2ccccc12.O=CO. The van der Waals surface area contributed by atoms with Crippen molar-refractivity contribution < 1.29 is 24.3 Å². The zero-order chi connectivity index (χ0) is 11.3. The highest BCUT2D eigenvalue weighted by Crippen LogP contribution is 2.16. The van der Waals surface area contributed by atoms with Crippen LogP contribution >= 0.6 is 0 Å². The third-order valence-corrected chi connectivity index (χ3v) is 1.58.